The van der Waals surface area contributed by atoms with E-state index in [1.807, 2.05) is 6.92 Å². The minimum atomic E-state index is -3.93. The summed E-state index contributed by atoms with van der Waals surface area (Å²) in [5.41, 5.74) is 1.36. The van der Waals surface area contributed by atoms with Crippen molar-refractivity contribution in [3.8, 4) is 23.3 Å². The minimum absolute atomic E-state index is 0.0586. The topological polar surface area (TPSA) is 85.6 Å². The van der Waals surface area contributed by atoms with Crippen molar-refractivity contribution in [1.82, 2.24) is 0 Å². The van der Waals surface area contributed by atoms with Crippen LogP contribution in [0.4, 0.5) is 0 Å². The van der Waals surface area contributed by atoms with E-state index in [0.717, 1.165) is 5.56 Å². The van der Waals surface area contributed by atoms with Crippen molar-refractivity contribution in [1.29, 1.82) is 5.26 Å². The third kappa shape index (κ3) is 3.81. The number of hydrogen-bond acceptors (Lipinski definition) is 6. The van der Waals surface area contributed by atoms with Gasteiger partial charge in [-0.25, -0.2) is 8.42 Å². The van der Waals surface area contributed by atoms with Gasteiger partial charge in [0.25, 0.3) is 0 Å². The Morgan fingerprint density at radius 3 is 1.96 bits per heavy atom. The molecule has 0 unspecified atom stereocenters. The Morgan fingerprint density at radius 1 is 1.00 bits per heavy atom. The minimum Gasteiger partial charge on any atom is -0.493 e. The third-order valence-electron chi connectivity index (χ3n) is 3.72. The highest BCUT2D eigenvalue weighted by atomic mass is 32.2. The number of rotatable bonds is 6. The molecular formula is C19H19NO5S. The van der Waals surface area contributed by atoms with Crippen molar-refractivity contribution in [3.63, 3.8) is 0 Å². The Hall–Kier alpha value is -2.98. The van der Waals surface area contributed by atoms with Crippen molar-refractivity contribution in [3.05, 3.63) is 52.4 Å². The molecule has 0 bridgehead atoms. The van der Waals surface area contributed by atoms with Gasteiger partial charge in [0.05, 0.1) is 26.2 Å². The van der Waals surface area contributed by atoms with Crippen LogP contribution in [-0.4, -0.2) is 29.7 Å². The average Bonchev–Trinajstić information content (AvgIpc) is 2.65. The lowest BCUT2D eigenvalue weighted by molar-refractivity contribution is 0.324. The maximum atomic E-state index is 12.7. The van der Waals surface area contributed by atoms with Gasteiger partial charge in [-0.3, -0.25) is 0 Å². The lowest BCUT2D eigenvalue weighted by Crippen LogP contribution is -2.03. The van der Waals surface area contributed by atoms with Crippen LogP contribution >= 0.6 is 0 Å². The molecule has 136 valence electrons. The predicted octanol–water partition coefficient (Wildman–Crippen LogP) is 3.36. The Bertz CT molecular complexity index is 945. The number of nitrogens with zero attached hydrogens (tertiary/aromatic N) is 1. The van der Waals surface area contributed by atoms with Gasteiger partial charge < -0.3 is 14.2 Å². The standard InChI is InChI=1S/C19H19NO5S/c1-13-5-7-15(8-6-13)26(21,22)16(12-20)9-14-10-17(23-2)19(25-4)18(11-14)24-3/h5-11H,1-4H3. The van der Waals surface area contributed by atoms with E-state index >= 15 is 0 Å². The van der Waals surface area contributed by atoms with Crippen LogP contribution in [0, 0.1) is 18.3 Å². The second-order valence-electron chi connectivity index (χ2n) is 5.40. The number of benzene rings is 2. The molecule has 0 aromatic heterocycles. The van der Waals surface area contributed by atoms with E-state index in [0.29, 0.717) is 22.8 Å². The van der Waals surface area contributed by atoms with E-state index in [2.05, 4.69) is 0 Å². The number of aryl methyl sites for hydroxylation is 1. The molecule has 0 radical (unpaired) electrons. The highest BCUT2D eigenvalue weighted by Crippen LogP contribution is 2.39. The molecule has 0 aliphatic heterocycles. The fourth-order valence-corrected chi connectivity index (χ4v) is 3.51. The van der Waals surface area contributed by atoms with Gasteiger partial charge in [0.1, 0.15) is 11.0 Å². The van der Waals surface area contributed by atoms with Crippen LogP contribution in [0.15, 0.2) is 46.2 Å². The first kappa shape index (κ1) is 19.3. The number of allylic oxidation sites excluding steroid dienone is 1. The molecule has 0 aliphatic carbocycles. The second kappa shape index (κ2) is 7.93. The molecule has 0 atom stereocenters. The fraction of sp³-hybridized carbons (Fsp3) is 0.211. The first-order chi connectivity index (χ1) is 12.4. The van der Waals surface area contributed by atoms with E-state index in [-0.39, 0.29) is 9.80 Å². The van der Waals surface area contributed by atoms with Crippen LogP contribution in [0.1, 0.15) is 11.1 Å². The van der Waals surface area contributed by atoms with Gasteiger partial charge in [0, 0.05) is 0 Å². The van der Waals surface area contributed by atoms with Gasteiger partial charge in [-0.05, 0) is 42.8 Å². The summed E-state index contributed by atoms with van der Waals surface area (Å²) in [5.74, 6) is 1.11. The van der Waals surface area contributed by atoms with E-state index in [4.69, 9.17) is 14.2 Å². The van der Waals surface area contributed by atoms with Crippen molar-refractivity contribution < 1.29 is 22.6 Å². The molecule has 0 amide bonds. The molecule has 2 aromatic rings. The van der Waals surface area contributed by atoms with Crippen molar-refractivity contribution >= 4 is 15.9 Å². The number of methoxy groups -OCH3 is 3. The zero-order valence-electron chi connectivity index (χ0n) is 14.9. The van der Waals surface area contributed by atoms with Gasteiger partial charge >= 0.3 is 0 Å². The molecule has 2 rings (SSSR count). The Labute approximate surface area is 153 Å². The van der Waals surface area contributed by atoms with Crippen LogP contribution in [0.25, 0.3) is 6.08 Å². The zero-order chi connectivity index (χ0) is 19.3. The average molecular weight is 373 g/mol. The van der Waals surface area contributed by atoms with Gasteiger partial charge in [-0.2, -0.15) is 5.26 Å². The summed E-state index contributed by atoms with van der Waals surface area (Å²) in [6.07, 6.45) is 1.28. The summed E-state index contributed by atoms with van der Waals surface area (Å²) in [5, 5.41) is 9.41. The lowest BCUT2D eigenvalue weighted by atomic mass is 10.1. The number of hydrogen-bond donors (Lipinski definition) is 0. The van der Waals surface area contributed by atoms with Gasteiger partial charge in [-0.15, -0.1) is 0 Å². The summed E-state index contributed by atoms with van der Waals surface area (Å²) in [6.45, 7) is 1.85. The summed E-state index contributed by atoms with van der Waals surface area (Å²) >= 11 is 0. The van der Waals surface area contributed by atoms with Crippen LogP contribution in [0.3, 0.4) is 0 Å². The Balaban J connectivity index is 2.59. The highest BCUT2D eigenvalue weighted by Gasteiger charge is 2.21. The van der Waals surface area contributed by atoms with Crippen LogP contribution in [-0.2, 0) is 9.84 Å². The van der Waals surface area contributed by atoms with E-state index in [1.54, 1.807) is 30.3 Å². The molecule has 6 nitrogen and oxygen atoms in total. The van der Waals surface area contributed by atoms with Crippen molar-refractivity contribution in [2.75, 3.05) is 21.3 Å². The highest BCUT2D eigenvalue weighted by molar-refractivity contribution is 7.95. The normalized spacial score (nSPS) is 11.6. The van der Waals surface area contributed by atoms with Gasteiger partial charge in [-0.1, -0.05) is 17.7 Å². The third-order valence-corrected chi connectivity index (χ3v) is 5.40. The summed E-state index contributed by atoms with van der Waals surface area (Å²) in [7, 11) is 0.452. The summed E-state index contributed by atoms with van der Waals surface area (Å²) in [6, 6.07) is 11.2. The maximum absolute atomic E-state index is 12.7. The molecule has 2 aromatic carbocycles. The SMILES string of the molecule is COc1cc(C=C(C#N)S(=O)(=O)c2ccc(C)cc2)cc(OC)c1OC. The van der Waals surface area contributed by atoms with Crippen molar-refractivity contribution in [2.45, 2.75) is 11.8 Å². The van der Waals surface area contributed by atoms with E-state index < -0.39 is 9.84 Å². The second-order valence-corrected chi connectivity index (χ2v) is 7.31. The fourth-order valence-electron chi connectivity index (χ4n) is 2.35. The summed E-state index contributed by atoms with van der Waals surface area (Å²) in [4.78, 5) is -0.320. The lowest BCUT2D eigenvalue weighted by Gasteiger charge is -2.13. The Morgan fingerprint density at radius 2 is 1.54 bits per heavy atom. The van der Waals surface area contributed by atoms with Gasteiger partial charge in [0.2, 0.25) is 15.6 Å². The van der Waals surface area contributed by atoms with E-state index in [9.17, 15) is 13.7 Å². The molecule has 0 fully saturated rings. The largest absolute Gasteiger partial charge is 0.493 e. The quantitative estimate of drug-likeness (QED) is 0.722. The molecule has 0 saturated carbocycles. The molecule has 26 heavy (non-hydrogen) atoms. The molecule has 0 saturated heterocycles. The number of nitriles is 1. The molecular weight excluding hydrogens is 354 g/mol. The maximum Gasteiger partial charge on any atom is 0.216 e. The molecule has 0 aliphatic rings. The van der Waals surface area contributed by atoms with Crippen LogP contribution in [0.5, 0.6) is 17.2 Å². The monoisotopic (exact) mass is 373 g/mol. The molecule has 0 N–H and O–H groups in total. The smallest absolute Gasteiger partial charge is 0.216 e. The Kier molecular flexibility index (Phi) is 5.90. The zero-order valence-corrected chi connectivity index (χ0v) is 15.8. The van der Waals surface area contributed by atoms with Crippen LogP contribution in [0.2, 0.25) is 0 Å². The predicted molar refractivity (Wildman–Crippen MR) is 98.1 cm³/mol. The number of sulfone groups is 1. The summed E-state index contributed by atoms with van der Waals surface area (Å²) < 4.78 is 41.2. The first-order valence-corrected chi connectivity index (χ1v) is 9.09. The first-order valence-electron chi connectivity index (χ1n) is 7.61. The van der Waals surface area contributed by atoms with Crippen molar-refractivity contribution in [2.24, 2.45) is 0 Å². The van der Waals surface area contributed by atoms with Crippen LogP contribution < -0.4 is 14.2 Å². The van der Waals surface area contributed by atoms with Gasteiger partial charge in [0.15, 0.2) is 11.5 Å². The number of ether oxygens (including phenoxy) is 3. The molecule has 0 spiro atoms. The molecule has 7 heteroatoms. The molecule has 0 heterocycles. The van der Waals surface area contributed by atoms with E-state index in [1.165, 1.54) is 39.5 Å².